The van der Waals surface area contributed by atoms with E-state index in [0.29, 0.717) is 0 Å². The van der Waals surface area contributed by atoms with Gasteiger partial charge in [-0.15, -0.1) is 0 Å². The molecule has 2 aliphatic rings. The Labute approximate surface area is 69.6 Å². The number of hydrogen-bond acceptors (Lipinski definition) is 1. The monoisotopic (exact) mass is 153 g/mol. The summed E-state index contributed by atoms with van der Waals surface area (Å²) in [4.78, 5) is 0. The molecule has 0 aliphatic heterocycles. The van der Waals surface area contributed by atoms with Crippen LogP contribution in [0.4, 0.5) is 0 Å². The second kappa shape index (κ2) is 3.57. The molecule has 2 rings (SSSR count). The third-order valence-electron chi connectivity index (χ3n) is 3.08. The fourth-order valence-corrected chi connectivity index (χ4v) is 1.72. The van der Waals surface area contributed by atoms with Crippen molar-refractivity contribution in [2.24, 2.45) is 11.8 Å². The van der Waals surface area contributed by atoms with Gasteiger partial charge in [0.05, 0.1) is 0 Å². The van der Waals surface area contributed by atoms with E-state index in [1.54, 1.807) is 0 Å². The molecule has 0 aromatic carbocycles. The van der Waals surface area contributed by atoms with Crippen molar-refractivity contribution in [2.45, 2.75) is 38.5 Å². The van der Waals surface area contributed by atoms with Gasteiger partial charge in [-0.2, -0.15) is 0 Å². The van der Waals surface area contributed by atoms with E-state index in [2.05, 4.69) is 5.32 Å². The molecule has 1 heteroatoms. The molecule has 1 nitrogen and oxygen atoms in total. The van der Waals surface area contributed by atoms with Crippen LogP contribution in [0.15, 0.2) is 0 Å². The van der Waals surface area contributed by atoms with Crippen molar-refractivity contribution < 1.29 is 0 Å². The lowest BCUT2D eigenvalue weighted by molar-refractivity contribution is 0.292. The molecule has 0 saturated heterocycles. The molecule has 0 heterocycles. The largest absolute Gasteiger partial charge is 0.316 e. The van der Waals surface area contributed by atoms with Crippen molar-refractivity contribution in [1.29, 1.82) is 0 Å². The molecule has 2 aliphatic carbocycles. The van der Waals surface area contributed by atoms with Crippen LogP contribution in [0, 0.1) is 11.8 Å². The van der Waals surface area contributed by atoms with Crippen molar-refractivity contribution in [2.75, 3.05) is 13.1 Å². The smallest absolute Gasteiger partial charge is 0.00205 e. The van der Waals surface area contributed by atoms with E-state index in [1.165, 1.54) is 51.6 Å². The van der Waals surface area contributed by atoms with E-state index >= 15 is 0 Å². The first-order chi connectivity index (χ1) is 5.45. The van der Waals surface area contributed by atoms with Gasteiger partial charge in [0.2, 0.25) is 0 Å². The molecule has 0 atom stereocenters. The van der Waals surface area contributed by atoms with Gasteiger partial charge < -0.3 is 5.32 Å². The fourth-order valence-electron chi connectivity index (χ4n) is 1.72. The molecule has 64 valence electrons. The van der Waals surface area contributed by atoms with Gasteiger partial charge in [0.1, 0.15) is 0 Å². The maximum Gasteiger partial charge on any atom is -0.00205 e. The van der Waals surface area contributed by atoms with E-state index < -0.39 is 0 Å². The number of hydrogen-bond donors (Lipinski definition) is 1. The summed E-state index contributed by atoms with van der Waals surface area (Å²) < 4.78 is 0. The van der Waals surface area contributed by atoms with Crippen molar-refractivity contribution in [1.82, 2.24) is 5.32 Å². The second-order valence-corrected chi connectivity index (χ2v) is 4.23. The molecule has 0 spiro atoms. The highest BCUT2D eigenvalue weighted by Gasteiger charge is 2.21. The highest BCUT2D eigenvalue weighted by molar-refractivity contribution is 4.76. The van der Waals surface area contributed by atoms with Gasteiger partial charge in [-0.25, -0.2) is 0 Å². The topological polar surface area (TPSA) is 12.0 Å². The first-order valence-corrected chi connectivity index (χ1v) is 5.16. The Hall–Kier alpha value is -0.0400. The SMILES string of the molecule is C1CC(CCNCC2CC2)C1. The number of rotatable bonds is 5. The van der Waals surface area contributed by atoms with Crippen LogP contribution in [-0.2, 0) is 0 Å². The van der Waals surface area contributed by atoms with E-state index in [1.807, 2.05) is 0 Å². The molecule has 0 amide bonds. The van der Waals surface area contributed by atoms with Gasteiger partial charge >= 0.3 is 0 Å². The molecule has 2 fully saturated rings. The standard InChI is InChI=1S/C10H19N/c1-2-9(3-1)6-7-11-8-10-4-5-10/h9-11H,1-8H2. The summed E-state index contributed by atoms with van der Waals surface area (Å²) in [6.45, 7) is 2.58. The van der Waals surface area contributed by atoms with Crippen LogP contribution >= 0.6 is 0 Å². The van der Waals surface area contributed by atoms with Crippen LogP contribution in [-0.4, -0.2) is 13.1 Å². The Morgan fingerprint density at radius 3 is 2.36 bits per heavy atom. The zero-order valence-electron chi connectivity index (χ0n) is 7.31. The molecule has 11 heavy (non-hydrogen) atoms. The summed E-state index contributed by atoms with van der Waals surface area (Å²) in [6.07, 6.45) is 8.91. The van der Waals surface area contributed by atoms with Gasteiger partial charge in [-0.05, 0) is 44.2 Å². The molecular formula is C10H19N. The van der Waals surface area contributed by atoms with E-state index in [9.17, 15) is 0 Å². The van der Waals surface area contributed by atoms with Crippen molar-refractivity contribution >= 4 is 0 Å². The zero-order valence-corrected chi connectivity index (χ0v) is 7.31. The normalized spacial score (nSPS) is 25.1. The van der Waals surface area contributed by atoms with Crippen LogP contribution in [0.25, 0.3) is 0 Å². The average Bonchev–Trinajstić information content (AvgIpc) is 2.66. The summed E-state index contributed by atoms with van der Waals surface area (Å²) >= 11 is 0. The van der Waals surface area contributed by atoms with E-state index in [0.717, 1.165) is 11.8 Å². The zero-order chi connectivity index (χ0) is 7.52. The maximum absolute atomic E-state index is 3.55. The van der Waals surface area contributed by atoms with Crippen LogP contribution in [0.1, 0.15) is 38.5 Å². The number of nitrogens with one attached hydrogen (secondary N) is 1. The lowest BCUT2D eigenvalue weighted by Crippen LogP contribution is -2.22. The van der Waals surface area contributed by atoms with Gasteiger partial charge in [-0.3, -0.25) is 0 Å². The Morgan fingerprint density at radius 2 is 1.82 bits per heavy atom. The Balaban J connectivity index is 1.40. The summed E-state index contributed by atoms with van der Waals surface area (Å²) in [5.41, 5.74) is 0. The predicted molar refractivity (Wildman–Crippen MR) is 47.6 cm³/mol. The average molecular weight is 153 g/mol. The Morgan fingerprint density at radius 1 is 1.00 bits per heavy atom. The van der Waals surface area contributed by atoms with Crippen LogP contribution in [0.5, 0.6) is 0 Å². The van der Waals surface area contributed by atoms with E-state index in [-0.39, 0.29) is 0 Å². The first kappa shape index (κ1) is 7.60. The minimum atomic E-state index is 1.05. The molecule has 1 N–H and O–H groups in total. The van der Waals surface area contributed by atoms with Gasteiger partial charge in [0, 0.05) is 0 Å². The lowest BCUT2D eigenvalue weighted by Gasteiger charge is -2.25. The van der Waals surface area contributed by atoms with E-state index in [4.69, 9.17) is 0 Å². The van der Waals surface area contributed by atoms with Gasteiger partial charge in [0.15, 0.2) is 0 Å². The van der Waals surface area contributed by atoms with Crippen molar-refractivity contribution in [3.63, 3.8) is 0 Å². The minimum absolute atomic E-state index is 1.05. The van der Waals surface area contributed by atoms with Gasteiger partial charge in [0.25, 0.3) is 0 Å². The fraction of sp³-hybridized carbons (Fsp3) is 1.00. The third-order valence-corrected chi connectivity index (χ3v) is 3.08. The molecule has 0 aromatic rings. The third kappa shape index (κ3) is 2.48. The minimum Gasteiger partial charge on any atom is -0.316 e. The molecule has 0 bridgehead atoms. The van der Waals surface area contributed by atoms with Crippen LogP contribution < -0.4 is 5.32 Å². The quantitative estimate of drug-likeness (QED) is 0.597. The molecule has 0 radical (unpaired) electrons. The highest BCUT2D eigenvalue weighted by atomic mass is 14.9. The Bertz CT molecular complexity index is 114. The molecule has 0 aromatic heterocycles. The maximum atomic E-state index is 3.55. The first-order valence-electron chi connectivity index (χ1n) is 5.16. The van der Waals surface area contributed by atoms with Crippen LogP contribution in [0.2, 0.25) is 0 Å². The second-order valence-electron chi connectivity index (χ2n) is 4.23. The predicted octanol–water partition coefficient (Wildman–Crippen LogP) is 2.18. The van der Waals surface area contributed by atoms with Crippen LogP contribution in [0.3, 0.4) is 0 Å². The highest BCUT2D eigenvalue weighted by Crippen LogP contribution is 2.29. The van der Waals surface area contributed by atoms with Gasteiger partial charge in [-0.1, -0.05) is 19.3 Å². The molecule has 0 unspecified atom stereocenters. The molecular weight excluding hydrogens is 134 g/mol. The Kier molecular flexibility index (Phi) is 2.47. The summed E-state index contributed by atoms with van der Waals surface area (Å²) in [5, 5.41) is 3.55. The van der Waals surface area contributed by atoms with Crippen molar-refractivity contribution in [3.8, 4) is 0 Å². The lowest BCUT2D eigenvalue weighted by atomic mass is 9.83. The van der Waals surface area contributed by atoms with Crippen molar-refractivity contribution in [3.05, 3.63) is 0 Å². The summed E-state index contributed by atoms with van der Waals surface area (Å²) in [5.74, 6) is 2.14. The summed E-state index contributed by atoms with van der Waals surface area (Å²) in [7, 11) is 0. The molecule has 2 saturated carbocycles. The summed E-state index contributed by atoms with van der Waals surface area (Å²) in [6, 6.07) is 0.